The van der Waals surface area contributed by atoms with E-state index in [4.69, 9.17) is 0 Å². The zero-order valence-corrected chi connectivity index (χ0v) is 19.7. The van der Waals surface area contributed by atoms with Crippen LogP contribution in [-0.2, 0) is 11.2 Å². The largest absolute Gasteiger partial charge is 0.361 e. The molecular weight excluding hydrogens is 430 g/mol. The third-order valence-corrected chi connectivity index (χ3v) is 6.86. The number of aromatic nitrogens is 1. The highest BCUT2D eigenvalue weighted by Gasteiger charge is 2.25. The molecule has 3 N–H and O–H groups in total. The molecular formula is C27H29N3O2S. The van der Waals surface area contributed by atoms with Gasteiger partial charge in [-0.3, -0.25) is 9.59 Å². The topological polar surface area (TPSA) is 74.0 Å². The van der Waals surface area contributed by atoms with Crippen LogP contribution in [0.5, 0.6) is 0 Å². The molecule has 2 aromatic carbocycles. The van der Waals surface area contributed by atoms with E-state index < -0.39 is 6.04 Å². The van der Waals surface area contributed by atoms with Gasteiger partial charge in [0.2, 0.25) is 5.91 Å². The Morgan fingerprint density at radius 3 is 2.45 bits per heavy atom. The summed E-state index contributed by atoms with van der Waals surface area (Å²) in [5.74, 6) is 0.151. The van der Waals surface area contributed by atoms with Crippen molar-refractivity contribution in [3.63, 3.8) is 0 Å². The Morgan fingerprint density at radius 2 is 1.73 bits per heavy atom. The average molecular weight is 460 g/mol. The molecule has 0 saturated heterocycles. The third kappa shape index (κ3) is 5.52. The summed E-state index contributed by atoms with van der Waals surface area (Å²) >= 11 is 1.36. The molecule has 2 unspecified atom stereocenters. The van der Waals surface area contributed by atoms with Crippen molar-refractivity contribution in [1.82, 2.24) is 15.6 Å². The minimum atomic E-state index is -0.678. The van der Waals surface area contributed by atoms with E-state index in [1.54, 1.807) is 6.07 Å². The van der Waals surface area contributed by atoms with Crippen molar-refractivity contribution in [2.24, 2.45) is 5.92 Å². The second-order valence-corrected chi connectivity index (χ2v) is 9.52. The summed E-state index contributed by atoms with van der Waals surface area (Å²) in [6.45, 7) is 4.83. The predicted octanol–water partition coefficient (Wildman–Crippen LogP) is 5.13. The zero-order chi connectivity index (χ0) is 23.2. The molecule has 33 heavy (non-hydrogen) atoms. The number of H-pyrrole nitrogens is 1. The van der Waals surface area contributed by atoms with E-state index in [9.17, 15) is 9.59 Å². The van der Waals surface area contributed by atoms with Gasteiger partial charge < -0.3 is 15.6 Å². The quantitative estimate of drug-likeness (QED) is 0.325. The molecule has 0 saturated carbocycles. The van der Waals surface area contributed by atoms with Crippen LogP contribution in [0.25, 0.3) is 10.9 Å². The van der Waals surface area contributed by atoms with Gasteiger partial charge in [0.1, 0.15) is 6.04 Å². The van der Waals surface area contributed by atoms with Crippen LogP contribution in [0.15, 0.2) is 78.3 Å². The highest BCUT2D eigenvalue weighted by atomic mass is 32.1. The van der Waals surface area contributed by atoms with E-state index in [0.717, 1.165) is 16.5 Å². The number of carbonyl (C=O) groups is 2. The Labute approximate surface area is 198 Å². The summed E-state index contributed by atoms with van der Waals surface area (Å²) in [5.41, 5.74) is 3.21. The normalized spacial score (nSPS) is 13.1. The second kappa shape index (κ2) is 10.5. The van der Waals surface area contributed by atoms with Crippen LogP contribution in [0.4, 0.5) is 0 Å². The third-order valence-electron chi connectivity index (χ3n) is 5.99. The number of thiophene rings is 1. The number of para-hydroxylation sites is 1. The summed E-state index contributed by atoms with van der Waals surface area (Å²) < 4.78 is 0. The maximum Gasteiger partial charge on any atom is 0.262 e. The number of amides is 2. The van der Waals surface area contributed by atoms with Gasteiger partial charge in [-0.2, -0.15) is 0 Å². The minimum absolute atomic E-state index is 0.174. The van der Waals surface area contributed by atoms with Gasteiger partial charge in [0.25, 0.3) is 5.91 Å². The molecule has 0 radical (unpaired) electrons. The van der Waals surface area contributed by atoms with Crippen LogP contribution in [0.3, 0.4) is 0 Å². The summed E-state index contributed by atoms with van der Waals surface area (Å²) in [5, 5.41) is 8.99. The summed E-state index contributed by atoms with van der Waals surface area (Å²) in [6.07, 6.45) is 2.33. The fraction of sp³-hybridized carbons (Fsp3) is 0.259. The molecule has 4 aromatic rings. The van der Waals surface area contributed by atoms with Crippen molar-refractivity contribution in [2.75, 3.05) is 6.54 Å². The zero-order valence-electron chi connectivity index (χ0n) is 18.9. The first-order chi connectivity index (χ1) is 16.0. The number of aromatic amines is 1. The number of hydrogen-bond acceptors (Lipinski definition) is 3. The maximum atomic E-state index is 13.3. The van der Waals surface area contributed by atoms with Gasteiger partial charge in [-0.1, -0.05) is 68.4 Å². The first-order valence-electron chi connectivity index (χ1n) is 11.2. The SMILES string of the molecule is CC(C)C(CNC(=O)C(Cc1c[nH]c2ccccc12)NC(=O)c1cccs1)c1ccccc1. The summed E-state index contributed by atoms with van der Waals surface area (Å²) in [6, 6.07) is 21.1. The van der Waals surface area contributed by atoms with Crippen LogP contribution in [-0.4, -0.2) is 29.4 Å². The smallest absolute Gasteiger partial charge is 0.262 e. The molecule has 4 rings (SSSR count). The molecule has 2 atom stereocenters. The fourth-order valence-electron chi connectivity index (χ4n) is 4.14. The number of hydrogen-bond donors (Lipinski definition) is 3. The van der Waals surface area contributed by atoms with Gasteiger partial charge >= 0.3 is 0 Å². The minimum Gasteiger partial charge on any atom is -0.361 e. The van der Waals surface area contributed by atoms with E-state index in [0.29, 0.717) is 23.8 Å². The first kappa shape index (κ1) is 22.8. The first-order valence-corrected chi connectivity index (χ1v) is 12.1. The van der Waals surface area contributed by atoms with Gasteiger partial charge in [0.05, 0.1) is 4.88 Å². The lowest BCUT2D eigenvalue weighted by Crippen LogP contribution is -2.48. The molecule has 6 heteroatoms. The van der Waals surface area contributed by atoms with Crippen molar-refractivity contribution >= 4 is 34.1 Å². The van der Waals surface area contributed by atoms with Crippen molar-refractivity contribution < 1.29 is 9.59 Å². The van der Waals surface area contributed by atoms with E-state index in [-0.39, 0.29) is 17.7 Å². The maximum absolute atomic E-state index is 13.3. The molecule has 2 heterocycles. The van der Waals surface area contributed by atoms with Crippen LogP contribution < -0.4 is 10.6 Å². The van der Waals surface area contributed by atoms with Crippen LogP contribution in [0.1, 0.15) is 40.6 Å². The van der Waals surface area contributed by atoms with Crippen molar-refractivity contribution in [1.29, 1.82) is 0 Å². The van der Waals surface area contributed by atoms with Gasteiger partial charge in [-0.15, -0.1) is 11.3 Å². The highest BCUT2D eigenvalue weighted by Crippen LogP contribution is 2.24. The van der Waals surface area contributed by atoms with E-state index in [1.165, 1.54) is 16.9 Å². The molecule has 0 aliphatic carbocycles. The molecule has 0 spiro atoms. The molecule has 170 valence electrons. The molecule has 0 aliphatic rings. The summed E-state index contributed by atoms with van der Waals surface area (Å²) in [7, 11) is 0. The summed E-state index contributed by atoms with van der Waals surface area (Å²) in [4.78, 5) is 30.0. The van der Waals surface area contributed by atoms with Gasteiger partial charge in [-0.05, 0) is 34.6 Å². The second-order valence-electron chi connectivity index (χ2n) is 8.57. The van der Waals surface area contributed by atoms with Crippen molar-refractivity contribution in [3.8, 4) is 0 Å². The van der Waals surface area contributed by atoms with Crippen LogP contribution in [0, 0.1) is 5.92 Å². The van der Waals surface area contributed by atoms with E-state index in [2.05, 4.69) is 41.6 Å². The number of benzene rings is 2. The number of nitrogens with one attached hydrogen (secondary N) is 3. The molecule has 2 amide bonds. The van der Waals surface area contributed by atoms with Gasteiger partial charge in [-0.25, -0.2) is 0 Å². The standard InChI is InChI=1S/C27H29N3O2S/c1-18(2)22(19-9-4-3-5-10-19)17-29-26(31)24(30-27(32)25-13-8-14-33-25)15-20-16-28-23-12-7-6-11-21(20)23/h3-14,16,18,22,24,28H,15,17H2,1-2H3,(H,29,31)(H,30,32). The number of carbonyl (C=O) groups excluding carboxylic acids is 2. The van der Waals surface area contributed by atoms with Crippen molar-refractivity contribution in [2.45, 2.75) is 32.2 Å². The monoisotopic (exact) mass is 459 g/mol. The van der Waals surface area contributed by atoms with Gasteiger partial charge in [0.15, 0.2) is 0 Å². The Kier molecular flexibility index (Phi) is 7.25. The highest BCUT2D eigenvalue weighted by molar-refractivity contribution is 7.12. The predicted molar refractivity (Wildman–Crippen MR) is 135 cm³/mol. The average Bonchev–Trinajstić information content (AvgIpc) is 3.50. The van der Waals surface area contributed by atoms with E-state index in [1.807, 2.05) is 60.1 Å². The Balaban J connectivity index is 1.52. The Hall–Kier alpha value is -3.38. The Morgan fingerprint density at radius 1 is 0.970 bits per heavy atom. The van der Waals surface area contributed by atoms with Crippen LogP contribution in [0.2, 0.25) is 0 Å². The lowest BCUT2D eigenvalue weighted by atomic mass is 9.88. The number of rotatable bonds is 9. The molecule has 5 nitrogen and oxygen atoms in total. The molecule has 2 aromatic heterocycles. The Bertz CT molecular complexity index is 1200. The molecule has 0 bridgehead atoms. The lowest BCUT2D eigenvalue weighted by molar-refractivity contribution is -0.123. The fourth-order valence-corrected chi connectivity index (χ4v) is 4.77. The lowest BCUT2D eigenvalue weighted by Gasteiger charge is -2.24. The van der Waals surface area contributed by atoms with Gasteiger partial charge in [0, 0.05) is 36.0 Å². The van der Waals surface area contributed by atoms with Crippen LogP contribution >= 0.6 is 11.3 Å². The van der Waals surface area contributed by atoms with E-state index >= 15 is 0 Å². The molecule has 0 fully saturated rings. The van der Waals surface area contributed by atoms with Crippen molar-refractivity contribution in [3.05, 3.63) is 94.3 Å². The number of fused-ring (bicyclic) bond motifs is 1. The molecule has 0 aliphatic heterocycles.